The first kappa shape index (κ1) is 39.2. The van der Waals surface area contributed by atoms with Gasteiger partial charge < -0.3 is 30.7 Å². The van der Waals surface area contributed by atoms with Crippen LogP contribution in [0.4, 0.5) is 0 Å². The van der Waals surface area contributed by atoms with Crippen molar-refractivity contribution in [2.24, 2.45) is 11.8 Å². The second kappa shape index (κ2) is 19.2. The summed E-state index contributed by atoms with van der Waals surface area (Å²) in [6.07, 6.45) is 7.33. The zero-order valence-electron chi connectivity index (χ0n) is 29.5. The lowest BCUT2D eigenvalue weighted by Crippen LogP contribution is -2.57. The minimum absolute atomic E-state index is 0.126. The number of likely N-dealkylation sites (tertiary alicyclic amines) is 1. The quantitative estimate of drug-likeness (QED) is 0.184. The molecule has 11 heteroatoms. The van der Waals surface area contributed by atoms with Gasteiger partial charge in [0.2, 0.25) is 11.8 Å². The predicted octanol–water partition coefficient (Wildman–Crippen LogP) is 4.98. The molecule has 2 amide bonds. The van der Waals surface area contributed by atoms with Gasteiger partial charge in [0.05, 0.1) is 17.8 Å². The fourth-order valence-corrected chi connectivity index (χ4v) is 8.69. The number of piperidine rings is 1. The summed E-state index contributed by atoms with van der Waals surface area (Å²) in [6.45, 7) is 5.35. The topological polar surface area (TPSA) is 150 Å². The van der Waals surface area contributed by atoms with Crippen molar-refractivity contribution in [1.29, 1.82) is 0 Å². The number of carbonyl (C=O) groups is 2. The number of amides is 2. The van der Waals surface area contributed by atoms with Crippen LogP contribution >= 0.6 is 0 Å². The van der Waals surface area contributed by atoms with E-state index in [2.05, 4.69) is 10.2 Å². The van der Waals surface area contributed by atoms with Gasteiger partial charge in [-0.05, 0) is 67.4 Å². The molecule has 0 radical (unpaired) electrons. The fraction of sp³-hybridized carbons (Fsp3) is 0.684. The number of aliphatic hydroxyl groups excluding tert-OH is 2. The Morgan fingerprint density at radius 1 is 0.980 bits per heavy atom. The number of β-amino-alcohol motifs (C(OH)–C–C–N with tert-alkyl or cyclic N) is 1. The van der Waals surface area contributed by atoms with Gasteiger partial charge in [-0.25, -0.2) is 8.42 Å². The molecule has 4 rings (SSSR count). The van der Waals surface area contributed by atoms with Gasteiger partial charge in [-0.2, -0.15) is 0 Å². The van der Waals surface area contributed by atoms with Crippen molar-refractivity contribution in [3.05, 3.63) is 53.2 Å². The Bertz CT molecular complexity index is 1440. The molecule has 2 aromatic rings. The molecule has 5 atom stereocenters. The molecular formula is C38H58N3O7S-. The molecule has 10 nitrogen and oxygen atoms in total. The van der Waals surface area contributed by atoms with Crippen molar-refractivity contribution in [1.82, 2.24) is 15.3 Å². The number of sulfone groups is 1. The lowest BCUT2D eigenvalue weighted by molar-refractivity contribution is -0.141. The summed E-state index contributed by atoms with van der Waals surface area (Å²) >= 11 is 0. The molecule has 1 aliphatic carbocycles. The highest BCUT2D eigenvalue weighted by Gasteiger charge is 2.36. The van der Waals surface area contributed by atoms with E-state index in [1.54, 1.807) is 6.92 Å². The monoisotopic (exact) mass is 700 g/mol. The first-order chi connectivity index (χ1) is 23.5. The van der Waals surface area contributed by atoms with Crippen molar-refractivity contribution >= 4 is 32.4 Å². The predicted molar refractivity (Wildman–Crippen MR) is 194 cm³/mol. The Balaban J connectivity index is 1.57. The van der Waals surface area contributed by atoms with E-state index in [0.717, 1.165) is 80.8 Å². The van der Waals surface area contributed by atoms with E-state index in [4.69, 9.17) is 0 Å². The zero-order valence-corrected chi connectivity index (χ0v) is 30.3. The van der Waals surface area contributed by atoms with Crippen LogP contribution in [0.15, 0.2) is 42.5 Å². The van der Waals surface area contributed by atoms with E-state index < -0.39 is 51.9 Å². The molecular weight excluding hydrogens is 642 g/mol. The third kappa shape index (κ3) is 11.5. The van der Waals surface area contributed by atoms with Crippen LogP contribution in [-0.2, 0) is 25.8 Å². The molecule has 0 bridgehead atoms. The number of nitrogens with one attached hydrogen (secondary N) is 1. The number of nitrogens with zero attached hydrogens (tertiary/aromatic N) is 2. The van der Waals surface area contributed by atoms with Crippen LogP contribution in [0.5, 0.6) is 0 Å². The maximum absolute atomic E-state index is 14.1. The van der Waals surface area contributed by atoms with Gasteiger partial charge in [0, 0.05) is 18.3 Å². The molecule has 2 fully saturated rings. The summed E-state index contributed by atoms with van der Waals surface area (Å²) in [5.41, 5.74) is 0.824. The zero-order chi connectivity index (χ0) is 35.4. The highest BCUT2D eigenvalue weighted by Crippen LogP contribution is 2.31. The Labute approximate surface area is 293 Å². The normalized spacial score (nSPS) is 19.5. The summed E-state index contributed by atoms with van der Waals surface area (Å²) in [5.74, 6) is -2.81. The van der Waals surface area contributed by atoms with Crippen molar-refractivity contribution < 1.29 is 28.2 Å². The number of carbonyl (C=O) groups excluding carboxylic acids is 2. The van der Waals surface area contributed by atoms with Gasteiger partial charge in [-0.15, -0.1) is 0 Å². The summed E-state index contributed by atoms with van der Waals surface area (Å²) in [7, 11) is -3.57. The first-order valence-corrected chi connectivity index (χ1v) is 20.4. The summed E-state index contributed by atoms with van der Waals surface area (Å²) < 4.78 is 25.7. The summed E-state index contributed by atoms with van der Waals surface area (Å²) in [6, 6.07) is 11.1. The minimum atomic E-state index is -3.57. The lowest BCUT2D eigenvalue weighted by Gasteiger charge is -2.45. The molecule has 1 saturated carbocycles. The lowest BCUT2D eigenvalue weighted by atomic mass is 9.82. The highest BCUT2D eigenvalue weighted by atomic mass is 32.2. The van der Waals surface area contributed by atoms with Gasteiger partial charge in [-0.3, -0.25) is 9.59 Å². The van der Waals surface area contributed by atoms with E-state index in [1.807, 2.05) is 49.4 Å². The van der Waals surface area contributed by atoms with Crippen molar-refractivity contribution in [2.75, 3.05) is 31.1 Å². The van der Waals surface area contributed by atoms with Gasteiger partial charge in [0.25, 0.3) is 0 Å². The van der Waals surface area contributed by atoms with Gasteiger partial charge in [-0.1, -0.05) is 108 Å². The van der Waals surface area contributed by atoms with E-state index in [9.17, 15) is 33.4 Å². The Morgan fingerprint density at radius 3 is 2.35 bits per heavy atom. The van der Waals surface area contributed by atoms with Crippen LogP contribution in [0.2, 0.25) is 0 Å². The number of fused-ring (bicyclic) bond motifs is 1. The number of hydrogen-bond donors (Lipinski definition) is 3. The Kier molecular flexibility index (Phi) is 15.3. The summed E-state index contributed by atoms with van der Waals surface area (Å²) in [5, 5.41) is 41.7. The van der Waals surface area contributed by atoms with E-state index in [1.165, 1.54) is 0 Å². The number of benzene rings is 2. The SMILES string of the molecule is CCCC[C@H](NC(=O)[C@H](Cc1cccc2ccccc12)CS(=O)(=O)CC)C(=O)N([O-])[C@@H](CC1CCCCC1)[C@@H](O)[C@@H](O)CN1CCCCC1. The number of unbranched alkanes of at least 4 members (excludes halogenated alkanes) is 1. The second-order valence-electron chi connectivity index (χ2n) is 14.3. The molecule has 0 aromatic heterocycles. The molecule has 2 aliphatic rings. The maximum Gasteiger partial charge on any atom is 0.234 e. The average Bonchev–Trinajstić information content (AvgIpc) is 3.12. The number of rotatable bonds is 18. The van der Waals surface area contributed by atoms with Gasteiger partial charge >= 0.3 is 0 Å². The standard InChI is InChI=1S/C38H58N3O7S/c1-3-5-21-33(39-37(44)31(27-49(47,48)4-2)25-30-19-14-18-29-17-10-11-20-32(29)30)38(45)41(46)34(24-28-15-8-6-9-16-28)36(43)35(42)26-40-22-12-7-13-23-40/h10-11,14,17-20,28,31,33-36,42-43H,3-9,12-13,15-16,21-27H2,1-2H3,(H,39,44)/q-1/t31-,33+,34+,35+,36-/m1/s1. The van der Waals surface area contributed by atoms with Crippen LogP contribution in [0, 0.1) is 17.0 Å². The van der Waals surface area contributed by atoms with Crippen molar-refractivity contribution in [3.63, 3.8) is 0 Å². The third-order valence-corrected chi connectivity index (χ3v) is 12.4. The first-order valence-electron chi connectivity index (χ1n) is 18.6. The van der Waals surface area contributed by atoms with Crippen LogP contribution in [0.3, 0.4) is 0 Å². The van der Waals surface area contributed by atoms with Crippen LogP contribution in [0.1, 0.15) is 96.5 Å². The third-order valence-electron chi connectivity index (χ3n) is 10.6. The minimum Gasteiger partial charge on any atom is -0.756 e. The smallest absolute Gasteiger partial charge is 0.234 e. The molecule has 1 aliphatic heterocycles. The van der Waals surface area contributed by atoms with E-state index >= 15 is 0 Å². The maximum atomic E-state index is 14.1. The molecule has 0 spiro atoms. The van der Waals surface area contributed by atoms with Crippen molar-refractivity contribution in [2.45, 2.75) is 122 Å². The fourth-order valence-electron chi connectivity index (χ4n) is 7.57. The Morgan fingerprint density at radius 2 is 1.65 bits per heavy atom. The largest absolute Gasteiger partial charge is 0.756 e. The van der Waals surface area contributed by atoms with Crippen molar-refractivity contribution in [3.8, 4) is 0 Å². The van der Waals surface area contributed by atoms with Crippen LogP contribution in [-0.4, -0.2) is 95.8 Å². The molecule has 0 unspecified atom stereocenters. The Hall–Kier alpha value is -2.57. The average molecular weight is 701 g/mol. The molecule has 3 N–H and O–H groups in total. The van der Waals surface area contributed by atoms with E-state index in [-0.39, 0.29) is 43.2 Å². The summed E-state index contributed by atoms with van der Waals surface area (Å²) in [4.78, 5) is 30.1. The number of aliphatic hydroxyl groups is 2. The number of hydroxylamine groups is 2. The molecule has 1 heterocycles. The molecule has 1 saturated heterocycles. The number of hydrogen-bond acceptors (Lipinski definition) is 8. The van der Waals surface area contributed by atoms with Crippen LogP contribution < -0.4 is 5.32 Å². The molecule has 49 heavy (non-hydrogen) atoms. The molecule has 274 valence electrons. The van der Waals surface area contributed by atoms with Gasteiger partial charge in [0.15, 0.2) is 9.84 Å². The van der Waals surface area contributed by atoms with E-state index in [0.29, 0.717) is 17.9 Å². The van der Waals surface area contributed by atoms with Crippen LogP contribution in [0.25, 0.3) is 10.8 Å². The van der Waals surface area contributed by atoms with Gasteiger partial charge in [0.1, 0.15) is 12.1 Å². The highest BCUT2D eigenvalue weighted by molar-refractivity contribution is 7.91. The molecule has 2 aromatic carbocycles. The second-order valence-corrected chi connectivity index (χ2v) is 16.7.